The summed E-state index contributed by atoms with van der Waals surface area (Å²) >= 11 is 0. The van der Waals surface area contributed by atoms with Crippen molar-refractivity contribution in [3.05, 3.63) is 29.6 Å². The van der Waals surface area contributed by atoms with E-state index in [-0.39, 0.29) is 17.4 Å². The molecule has 0 aliphatic carbocycles. The molecule has 0 bridgehead atoms. The van der Waals surface area contributed by atoms with E-state index >= 15 is 0 Å². The van der Waals surface area contributed by atoms with Crippen molar-refractivity contribution in [2.75, 3.05) is 26.7 Å². The number of hydrogen-bond donors (Lipinski definition) is 0. The fraction of sp³-hybridized carbons (Fsp3) is 0.529. The van der Waals surface area contributed by atoms with Crippen LogP contribution in [0.25, 0.3) is 0 Å². The van der Waals surface area contributed by atoms with Gasteiger partial charge in [0.1, 0.15) is 17.2 Å². The molecule has 6 nitrogen and oxygen atoms in total. The standard InChI is InChI=1S/C17H21FN2O4/c1-3-20-15(21)11-17(24-20)6-8-19(9-7-17)16(22)13-5-4-12(23-2)10-14(13)18/h4-5,10H,3,6-9,11H2,1-2H3. The van der Waals surface area contributed by atoms with Gasteiger partial charge in [0, 0.05) is 25.7 Å². The number of amides is 2. The molecule has 0 N–H and O–H groups in total. The zero-order valence-electron chi connectivity index (χ0n) is 13.9. The quantitative estimate of drug-likeness (QED) is 0.847. The maximum atomic E-state index is 14.1. The fourth-order valence-corrected chi connectivity index (χ4v) is 3.27. The molecule has 2 heterocycles. The Morgan fingerprint density at radius 1 is 1.38 bits per heavy atom. The molecule has 0 unspecified atom stereocenters. The van der Waals surface area contributed by atoms with Crippen molar-refractivity contribution in [1.29, 1.82) is 0 Å². The van der Waals surface area contributed by atoms with Crippen molar-refractivity contribution < 1.29 is 23.6 Å². The molecular weight excluding hydrogens is 315 g/mol. The van der Waals surface area contributed by atoms with Crippen molar-refractivity contribution in [3.63, 3.8) is 0 Å². The number of benzene rings is 1. The van der Waals surface area contributed by atoms with E-state index in [1.807, 2.05) is 6.92 Å². The molecule has 0 radical (unpaired) electrons. The Hall–Kier alpha value is -2.15. The minimum atomic E-state index is -0.593. The van der Waals surface area contributed by atoms with E-state index < -0.39 is 11.4 Å². The van der Waals surface area contributed by atoms with Crippen LogP contribution in [0, 0.1) is 5.82 Å². The summed E-state index contributed by atoms with van der Waals surface area (Å²) in [5.41, 5.74) is -0.479. The van der Waals surface area contributed by atoms with E-state index in [0.29, 0.717) is 44.6 Å². The summed E-state index contributed by atoms with van der Waals surface area (Å²) < 4.78 is 19.0. The predicted octanol–water partition coefficient (Wildman–Crippen LogP) is 1.99. The van der Waals surface area contributed by atoms with Crippen LogP contribution in [0.4, 0.5) is 4.39 Å². The third kappa shape index (κ3) is 2.96. The molecule has 3 rings (SSSR count). The number of nitrogens with zero attached hydrogens (tertiary/aromatic N) is 2. The molecule has 7 heteroatoms. The first-order valence-electron chi connectivity index (χ1n) is 8.10. The summed E-state index contributed by atoms with van der Waals surface area (Å²) in [6.45, 7) is 3.26. The second kappa shape index (κ2) is 6.39. The van der Waals surface area contributed by atoms with Gasteiger partial charge in [0.25, 0.3) is 5.91 Å². The summed E-state index contributed by atoms with van der Waals surface area (Å²) in [5.74, 6) is -0.580. The number of methoxy groups -OCH3 is 1. The van der Waals surface area contributed by atoms with Crippen LogP contribution in [0.1, 0.15) is 36.5 Å². The lowest BCUT2D eigenvalue weighted by Gasteiger charge is -2.37. The zero-order chi connectivity index (χ0) is 17.3. The highest BCUT2D eigenvalue weighted by Gasteiger charge is 2.47. The fourth-order valence-electron chi connectivity index (χ4n) is 3.27. The molecule has 24 heavy (non-hydrogen) atoms. The Labute approximate surface area is 140 Å². The molecule has 130 valence electrons. The van der Waals surface area contributed by atoms with Crippen LogP contribution < -0.4 is 4.74 Å². The molecule has 1 aromatic rings. The van der Waals surface area contributed by atoms with Gasteiger partial charge < -0.3 is 9.64 Å². The number of rotatable bonds is 3. The van der Waals surface area contributed by atoms with E-state index in [4.69, 9.17) is 9.57 Å². The minimum Gasteiger partial charge on any atom is -0.497 e. The molecule has 2 saturated heterocycles. The van der Waals surface area contributed by atoms with E-state index in [1.165, 1.54) is 24.3 Å². The lowest BCUT2D eigenvalue weighted by molar-refractivity contribution is -0.206. The van der Waals surface area contributed by atoms with Crippen LogP contribution in [-0.2, 0) is 9.63 Å². The topological polar surface area (TPSA) is 59.1 Å². The number of ether oxygens (including phenoxy) is 1. The Morgan fingerprint density at radius 2 is 2.08 bits per heavy atom. The third-order valence-electron chi connectivity index (χ3n) is 4.71. The second-order valence-corrected chi connectivity index (χ2v) is 6.18. The average Bonchev–Trinajstić information content (AvgIpc) is 2.90. The van der Waals surface area contributed by atoms with Crippen LogP contribution >= 0.6 is 0 Å². The van der Waals surface area contributed by atoms with Gasteiger partial charge in [-0.2, -0.15) is 0 Å². The number of likely N-dealkylation sites (tertiary alicyclic amines) is 1. The Kier molecular flexibility index (Phi) is 4.45. The van der Waals surface area contributed by atoms with Gasteiger partial charge in [-0.3, -0.25) is 14.4 Å². The van der Waals surface area contributed by atoms with Crippen molar-refractivity contribution >= 4 is 11.8 Å². The Balaban J connectivity index is 1.67. The molecular formula is C17H21FN2O4. The monoisotopic (exact) mass is 336 g/mol. The maximum absolute atomic E-state index is 14.1. The third-order valence-corrected chi connectivity index (χ3v) is 4.71. The SMILES string of the molecule is CCN1OC2(CCN(C(=O)c3ccc(OC)cc3F)CC2)CC1=O. The molecule has 0 aromatic heterocycles. The highest BCUT2D eigenvalue weighted by Crippen LogP contribution is 2.36. The molecule has 2 aliphatic rings. The van der Waals surface area contributed by atoms with Gasteiger partial charge in [0.05, 0.1) is 19.1 Å². The van der Waals surface area contributed by atoms with Gasteiger partial charge >= 0.3 is 0 Å². The Morgan fingerprint density at radius 3 is 2.62 bits per heavy atom. The van der Waals surface area contributed by atoms with Gasteiger partial charge in [-0.15, -0.1) is 0 Å². The van der Waals surface area contributed by atoms with E-state index in [9.17, 15) is 14.0 Å². The molecule has 0 saturated carbocycles. The van der Waals surface area contributed by atoms with Crippen molar-refractivity contribution in [3.8, 4) is 5.75 Å². The first kappa shape index (κ1) is 16.7. The van der Waals surface area contributed by atoms with Crippen LogP contribution in [0.15, 0.2) is 18.2 Å². The molecule has 2 aliphatic heterocycles. The van der Waals surface area contributed by atoms with E-state index in [0.717, 1.165) is 0 Å². The lowest BCUT2D eigenvalue weighted by Crippen LogP contribution is -2.47. The lowest BCUT2D eigenvalue weighted by atomic mass is 9.88. The number of hydrogen-bond acceptors (Lipinski definition) is 4. The normalized spacial score (nSPS) is 19.9. The Bertz CT molecular complexity index is 656. The first-order chi connectivity index (χ1) is 11.5. The number of carbonyl (C=O) groups excluding carboxylic acids is 2. The number of halogens is 1. The maximum Gasteiger partial charge on any atom is 0.256 e. The molecule has 1 spiro atoms. The van der Waals surface area contributed by atoms with Crippen molar-refractivity contribution in [2.24, 2.45) is 0 Å². The predicted molar refractivity (Wildman–Crippen MR) is 83.9 cm³/mol. The summed E-state index contributed by atoms with van der Waals surface area (Å²) in [7, 11) is 1.45. The van der Waals surface area contributed by atoms with Gasteiger partial charge in [-0.1, -0.05) is 0 Å². The van der Waals surface area contributed by atoms with Gasteiger partial charge in [0.15, 0.2) is 0 Å². The molecule has 2 fully saturated rings. The van der Waals surface area contributed by atoms with Crippen molar-refractivity contribution in [1.82, 2.24) is 9.96 Å². The summed E-state index contributed by atoms with van der Waals surface area (Å²) in [6.07, 6.45) is 1.48. The minimum absolute atomic E-state index is 0.0153. The number of piperidine rings is 1. The molecule has 1 aromatic carbocycles. The average molecular weight is 336 g/mol. The summed E-state index contributed by atoms with van der Waals surface area (Å²) in [6, 6.07) is 4.21. The van der Waals surface area contributed by atoms with Gasteiger partial charge in [-0.05, 0) is 31.9 Å². The van der Waals surface area contributed by atoms with E-state index in [2.05, 4.69) is 0 Å². The van der Waals surface area contributed by atoms with Crippen molar-refractivity contribution in [2.45, 2.75) is 31.8 Å². The number of carbonyl (C=O) groups is 2. The molecule has 2 amide bonds. The van der Waals surface area contributed by atoms with Crippen LogP contribution in [0.2, 0.25) is 0 Å². The highest BCUT2D eigenvalue weighted by atomic mass is 19.1. The zero-order valence-corrected chi connectivity index (χ0v) is 13.9. The van der Waals surface area contributed by atoms with Gasteiger partial charge in [-0.25, -0.2) is 9.45 Å². The summed E-state index contributed by atoms with van der Waals surface area (Å²) in [5, 5.41) is 1.39. The summed E-state index contributed by atoms with van der Waals surface area (Å²) in [4.78, 5) is 31.8. The largest absolute Gasteiger partial charge is 0.497 e. The van der Waals surface area contributed by atoms with Crippen LogP contribution in [-0.4, -0.2) is 54.1 Å². The first-order valence-corrected chi connectivity index (χ1v) is 8.10. The smallest absolute Gasteiger partial charge is 0.256 e. The second-order valence-electron chi connectivity index (χ2n) is 6.18. The van der Waals surface area contributed by atoms with Crippen LogP contribution in [0.5, 0.6) is 5.75 Å². The highest BCUT2D eigenvalue weighted by molar-refractivity contribution is 5.94. The van der Waals surface area contributed by atoms with E-state index in [1.54, 1.807) is 11.0 Å². The number of hydroxylamine groups is 2. The molecule has 0 atom stereocenters. The van der Waals surface area contributed by atoms with Gasteiger partial charge in [0.2, 0.25) is 5.91 Å². The van der Waals surface area contributed by atoms with Crippen LogP contribution in [0.3, 0.4) is 0 Å².